The molecule has 15 heavy (non-hydrogen) atoms. The van der Waals surface area contributed by atoms with Crippen molar-refractivity contribution in [3.8, 4) is 0 Å². The Labute approximate surface area is 91.8 Å². The number of amides is 1. The van der Waals surface area contributed by atoms with Gasteiger partial charge in [0.2, 0.25) is 5.91 Å². The minimum Gasteiger partial charge on any atom is -0.356 e. The first-order chi connectivity index (χ1) is 7.31. The van der Waals surface area contributed by atoms with Gasteiger partial charge in [-0.05, 0) is 37.6 Å². The van der Waals surface area contributed by atoms with Crippen LogP contribution in [0.4, 0.5) is 0 Å². The second-order valence-electron chi connectivity index (χ2n) is 5.06. The summed E-state index contributed by atoms with van der Waals surface area (Å²) in [6, 6.07) is 0. The van der Waals surface area contributed by atoms with E-state index < -0.39 is 0 Å². The summed E-state index contributed by atoms with van der Waals surface area (Å²) in [5.41, 5.74) is 5.67. The second kappa shape index (κ2) is 4.97. The number of hydrogen-bond acceptors (Lipinski definition) is 2. The Hall–Kier alpha value is -0.570. The van der Waals surface area contributed by atoms with Crippen molar-refractivity contribution in [1.82, 2.24) is 5.32 Å². The van der Waals surface area contributed by atoms with Crippen LogP contribution in [-0.4, -0.2) is 19.0 Å². The summed E-state index contributed by atoms with van der Waals surface area (Å²) in [7, 11) is 0. The molecular formula is C12H22N2O. The van der Waals surface area contributed by atoms with Gasteiger partial charge in [0.25, 0.3) is 0 Å². The van der Waals surface area contributed by atoms with Gasteiger partial charge in [-0.2, -0.15) is 0 Å². The first kappa shape index (κ1) is 10.9. The summed E-state index contributed by atoms with van der Waals surface area (Å²) in [6.45, 7) is 1.54. The molecule has 2 fully saturated rings. The number of carbonyl (C=O) groups is 1. The molecule has 0 radical (unpaired) electrons. The molecule has 0 bridgehead atoms. The van der Waals surface area contributed by atoms with Crippen LogP contribution in [0.15, 0.2) is 0 Å². The molecule has 1 amide bonds. The third kappa shape index (κ3) is 2.94. The lowest BCUT2D eigenvalue weighted by Crippen LogP contribution is -2.35. The van der Waals surface area contributed by atoms with Crippen LogP contribution >= 0.6 is 0 Å². The van der Waals surface area contributed by atoms with Gasteiger partial charge in [-0.25, -0.2) is 0 Å². The van der Waals surface area contributed by atoms with E-state index in [0.717, 1.165) is 25.3 Å². The average molecular weight is 210 g/mol. The van der Waals surface area contributed by atoms with Gasteiger partial charge >= 0.3 is 0 Å². The number of carbonyl (C=O) groups excluding carboxylic acids is 1. The molecule has 2 atom stereocenters. The molecule has 0 heterocycles. The Morgan fingerprint density at radius 3 is 2.73 bits per heavy atom. The number of nitrogens with one attached hydrogen (secondary N) is 1. The van der Waals surface area contributed by atoms with E-state index in [1.807, 2.05) is 0 Å². The number of nitrogens with two attached hydrogens (primary N) is 1. The van der Waals surface area contributed by atoms with Crippen molar-refractivity contribution >= 4 is 5.91 Å². The fourth-order valence-electron chi connectivity index (χ4n) is 2.60. The van der Waals surface area contributed by atoms with Crippen LogP contribution in [0.2, 0.25) is 0 Å². The van der Waals surface area contributed by atoms with E-state index in [2.05, 4.69) is 5.32 Å². The molecule has 2 aliphatic carbocycles. The van der Waals surface area contributed by atoms with Gasteiger partial charge in [-0.1, -0.05) is 19.3 Å². The Morgan fingerprint density at radius 2 is 2.07 bits per heavy atom. The maximum atomic E-state index is 11.8. The molecule has 3 nitrogen and oxygen atoms in total. The van der Waals surface area contributed by atoms with Crippen LogP contribution in [0.3, 0.4) is 0 Å². The molecule has 86 valence electrons. The molecule has 3 heteroatoms. The van der Waals surface area contributed by atoms with Crippen LogP contribution in [-0.2, 0) is 4.79 Å². The average Bonchev–Trinajstić information content (AvgIpc) is 2.94. The van der Waals surface area contributed by atoms with Gasteiger partial charge in [-0.3, -0.25) is 4.79 Å². The molecule has 0 aromatic rings. The topological polar surface area (TPSA) is 55.1 Å². The van der Waals surface area contributed by atoms with E-state index in [-0.39, 0.29) is 11.8 Å². The van der Waals surface area contributed by atoms with Crippen molar-refractivity contribution in [3.63, 3.8) is 0 Å². The summed E-state index contributed by atoms with van der Waals surface area (Å²) >= 11 is 0. The van der Waals surface area contributed by atoms with Gasteiger partial charge in [-0.15, -0.1) is 0 Å². The zero-order chi connectivity index (χ0) is 10.7. The largest absolute Gasteiger partial charge is 0.356 e. The summed E-state index contributed by atoms with van der Waals surface area (Å²) in [6.07, 6.45) is 7.25. The van der Waals surface area contributed by atoms with Gasteiger partial charge in [0.05, 0.1) is 0 Å². The Bertz CT molecular complexity index is 226. The zero-order valence-corrected chi connectivity index (χ0v) is 9.37. The van der Waals surface area contributed by atoms with Crippen LogP contribution in [0.1, 0.15) is 38.5 Å². The number of hydrogen-bond donors (Lipinski definition) is 2. The summed E-state index contributed by atoms with van der Waals surface area (Å²) in [5.74, 6) is 1.79. The summed E-state index contributed by atoms with van der Waals surface area (Å²) in [4.78, 5) is 11.8. The van der Waals surface area contributed by atoms with Gasteiger partial charge < -0.3 is 11.1 Å². The first-order valence-corrected chi connectivity index (χ1v) is 6.29. The predicted molar refractivity (Wildman–Crippen MR) is 60.2 cm³/mol. The van der Waals surface area contributed by atoms with Crippen LogP contribution in [0, 0.1) is 17.8 Å². The second-order valence-corrected chi connectivity index (χ2v) is 5.06. The normalized spacial score (nSPS) is 30.5. The van der Waals surface area contributed by atoms with Crippen LogP contribution < -0.4 is 11.1 Å². The molecule has 2 rings (SSSR count). The fraction of sp³-hybridized carbons (Fsp3) is 0.917. The van der Waals surface area contributed by atoms with Crippen molar-refractivity contribution in [2.24, 2.45) is 23.5 Å². The van der Waals surface area contributed by atoms with Crippen LogP contribution in [0.25, 0.3) is 0 Å². The van der Waals surface area contributed by atoms with E-state index in [1.54, 1.807) is 0 Å². The van der Waals surface area contributed by atoms with Crippen molar-refractivity contribution in [2.75, 3.05) is 13.1 Å². The van der Waals surface area contributed by atoms with E-state index in [4.69, 9.17) is 5.73 Å². The summed E-state index contributed by atoms with van der Waals surface area (Å²) < 4.78 is 0. The third-order valence-electron chi connectivity index (χ3n) is 3.85. The van der Waals surface area contributed by atoms with E-state index in [9.17, 15) is 4.79 Å². The van der Waals surface area contributed by atoms with Crippen molar-refractivity contribution in [2.45, 2.75) is 38.5 Å². The summed E-state index contributed by atoms with van der Waals surface area (Å²) in [5, 5.41) is 3.07. The molecule has 2 aliphatic rings. The molecular weight excluding hydrogens is 188 g/mol. The minimum absolute atomic E-state index is 0.203. The van der Waals surface area contributed by atoms with Crippen molar-refractivity contribution in [1.29, 1.82) is 0 Å². The standard InChI is InChI=1S/C12H22N2O/c13-8-10-2-1-3-11(10)12(15)14-7-6-9-4-5-9/h9-11H,1-8,13H2,(H,14,15). The molecule has 2 saturated carbocycles. The van der Waals surface area contributed by atoms with E-state index >= 15 is 0 Å². The smallest absolute Gasteiger partial charge is 0.223 e. The lowest BCUT2D eigenvalue weighted by molar-refractivity contribution is -0.125. The van der Waals surface area contributed by atoms with Gasteiger partial charge in [0.1, 0.15) is 0 Å². The fourth-order valence-corrected chi connectivity index (χ4v) is 2.60. The van der Waals surface area contributed by atoms with E-state index in [0.29, 0.717) is 12.5 Å². The van der Waals surface area contributed by atoms with E-state index in [1.165, 1.54) is 25.7 Å². The molecule has 3 N–H and O–H groups in total. The van der Waals surface area contributed by atoms with Gasteiger partial charge in [0.15, 0.2) is 0 Å². The molecule has 0 aromatic heterocycles. The Kier molecular flexibility index (Phi) is 3.62. The highest BCUT2D eigenvalue weighted by molar-refractivity contribution is 5.79. The Morgan fingerprint density at radius 1 is 1.27 bits per heavy atom. The maximum absolute atomic E-state index is 11.8. The SMILES string of the molecule is NCC1CCCC1C(=O)NCCC1CC1. The van der Waals surface area contributed by atoms with Crippen molar-refractivity contribution in [3.05, 3.63) is 0 Å². The highest BCUT2D eigenvalue weighted by Gasteiger charge is 2.31. The minimum atomic E-state index is 0.203. The lowest BCUT2D eigenvalue weighted by atomic mass is 9.95. The van der Waals surface area contributed by atoms with Crippen molar-refractivity contribution < 1.29 is 4.79 Å². The maximum Gasteiger partial charge on any atom is 0.223 e. The third-order valence-corrected chi connectivity index (χ3v) is 3.85. The lowest BCUT2D eigenvalue weighted by Gasteiger charge is -2.17. The Balaban J connectivity index is 1.68. The zero-order valence-electron chi connectivity index (χ0n) is 9.37. The molecule has 2 unspecified atom stereocenters. The highest BCUT2D eigenvalue weighted by Crippen LogP contribution is 2.32. The molecule has 0 saturated heterocycles. The quantitative estimate of drug-likeness (QED) is 0.718. The highest BCUT2D eigenvalue weighted by atomic mass is 16.1. The first-order valence-electron chi connectivity index (χ1n) is 6.29. The monoisotopic (exact) mass is 210 g/mol. The molecule has 0 aromatic carbocycles. The predicted octanol–water partition coefficient (Wildman–Crippen LogP) is 1.28. The number of rotatable bonds is 5. The molecule has 0 aliphatic heterocycles. The van der Waals surface area contributed by atoms with Crippen LogP contribution in [0.5, 0.6) is 0 Å². The molecule has 0 spiro atoms. The van der Waals surface area contributed by atoms with Gasteiger partial charge in [0, 0.05) is 12.5 Å².